The number of carbonyl (C=O) groups is 1. The standard InChI is InChI=1S/C15H19N3O2S2/c1-20-8-2-14(19)17-4-6-18(7-5-17)15-16-13(11-22-15)12-3-9-21-10-12/h3,9-11H,2,4-8H2,1H3. The Balaban J connectivity index is 1.56. The normalized spacial score (nSPS) is 15.3. The van der Waals surface area contributed by atoms with Gasteiger partial charge in [-0.3, -0.25) is 4.79 Å². The first kappa shape index (κ1) is 15.5. The minimum Gasteiger partial charge on any atom is -0.384 e. The predicted octanol–water partition coefficient (Wildman–Crippen LogP) is 2.56. The molecule has 118 valence electrons. The molecule has 1 aliphatic rings. The Hall–Kier alpha value is -1.44. The molecule has 1 saturated heterocycles. The number of methoxy groups -OCH3 is 1. The van der Waals surface area contributed by atoms with Gasteiger partial charge in [-0.15, -0.1) is 11.3 Å². The number of thiophene rings is 1. The van der Waals surface area contributed by atoms with Crippen LogP contribution in [0.4, 0.5) is 5.13 Å². The lowest BCUT2D eigenvalue weighted by Crippen LogP contribution is -2.49. The summed E-state index contributed by atoms with van der Waals surface area (Å²) in [7, 11) is 1.62. The third-order valence-electron chi connectivity index (χ3n) is 3.73. The third kappa shape index (κ3) is 3.48. The SMILES string of the molecule is COCCC(=O)N1CCN(c2nc(-c3ccsc3)cs2)CC1. The summed E-state index contributed by atoms with van der Waals surface area (Å²) in [5, 5.41) is 7.34. The fourth-order valence-electron chi connectivity index (χ4n) is 2.45. The van der Waals surface area contributed by atoms with E-state index in [0.717, 1.165) is 37.0 Å². The van der Waals surface area contributed by atoms with Gasteiger partial charge in [0.2, 0.25) is 5.91 Å². The lowest BCUT2D eigenvalue weighted by Gasteiger charge is -2.34. The van der Waals surface area contributed by atoms with Crippen LogP contribution in [-0.4, -0.2) is 55.7 Å². The molecule has 0 atom stereocenters. The number of rotatable bonds is 5. The summed E-state index contributed by atoms with van der Waals surface area (Å²) in [6.07, 6.45) is 0.468. The fourth-order valence-corrected chi connectivity index (χ4v) is 3.99. The zero-order valence-corrected chi connectivity index (χ0v) is 14.2. The molecule has 0 saturated carbocycles. The minimum atomic E-state index is 0.180. The van der Waals surface area contributed by atoms with Gasteiger partial charge in [0.1, 0.15) is 0 Å². The molecular formula is C15H19N3O2S2. The lowest BCUT2D eigenvalue weighted by atomic mass is 10.3. The van der Waals surface area contributed by atoms with Crippen molar-refractivity contribution >= 4 is 33.7 Å². The van der Waals surface area contributed by atoms with E-state index >= 15 is 0 Å². The van der Waals surface area contributed by atoms with Crippen molar-refractivity contribution in [1.82, 2.24) is 9.88 Å². The first-order valence-corrected chi connectivity index (χ1v) is 9.10. The second-order valence-electron chi connectivity index (χ2n) is 5.14. The van der Waals surface area contributed by atoms with E-state index in [-0.39, 0.29) is 5.91 Å². The van der Waals surface area contributed by atoms with Gasteiger partial charge in [0.25, 0.3) is 0 Å². The first-order chi connectivity index (χ1) is 10.8. The number of thiazole rings is 1. The number of hydrogen-bond donors (Lipinski definition) is 0. The van der Waals surface area contributed by atoms with Crippen LogP contribution in [0.3, 0.4) is 0 Å². The molecule has 0 aromatic carbocycles. The largest absolute Gasteiger partial charge is 0.384 e. The van der Waals surface area contributed by atoms with Crippen molar-refractivity contribution in [3.05, 3.63) is 22.2 Å². The van der Waals surface area contributed by atoms with Gasteiger partial charge >= 0.3 is 0 Å². The van der Waals surface area contributed by atoms with E-state index in [1.807, 2.05) is 4.90 Å². The number of anilines is 1. The van der Waals surface area contributed by atoms with Gasteiger partial charge < -0.3 is 14.5 Å². The number of amides is 1. The molecular weight excluding hydrogens is 318 g/mol. The second kappa shape index (κ2) is 7.21. The molecule has 1 aliphatic heterocycles. The van der Waals surface area contributed by atoms with Crippen molar-refractivity contribution in [2.24, 2.45) is 0 Å². The summed E-state index contributed by atoms with van der Waals surface area (Å²) >= 11 is 3.36. The highest BCUT2D eigenvalue weighted by molar-refractivity contribution is 7.14. The van der Waals surface area contributed by atoms with Gasteiger partial charge in [-0.2, -0.15) is 11.3 Å². The summed E-state index contributed by atoms with van der Waals surface area (Å²) < 4.78 is 4.97. The monoisotopic (exact) mass is 337 g/mol. The highest BCUT2D eigenvalue weighted by Gasteiger charge is 2.22. The molecule has 0 N–H and O–H groups in total. The highest BCUT2D eigenvalue weighted by atomic mass is 32.1. The van der Waals surface area contributed by atoms with Crippen LogP contribution in [0.5, 0.6) is 0 Å². The number of piperazine rings is 1. The van der Waals surface area contributed by atoms with E-state index in [9.17, 15) is 4.79 Å². The Kier molecular flexibility index (Phi) is 5.07. The van der Waals surface area contributed by atoms with Crippen LogP contribution in [0.2, 0.25) is 0 Å². The molecule has 2 aromatic rings. The van der Waals surface area contributed by atoms with Crippen LogP contribution in [0.1, 0.15) is 6.42 Å². The van der Waals surface area contributed by atoms with Crippen LogP contribution >= 0.6 is 22.7 Å². The van der Waals surface area contributed by atoms with Crippen LogP contribution in [-0.2, 0) is 9.53 Å². The molecule has 22 heavy (non-hydrogen) atoms. The van der Waals surface area contributed by atoms with E-state index in [1.165, 1.54) is 5.56 Å². The van der Waals surface area contributed by atoms with Crippen molar-refractivity contribution in [3.63, 3.8) is 0 Å². The second-order valence-corrected chi connectivity index (χ2v) is 6.75. The Labute approximate surface area is 138 Å². The molecule has 0 spiro atoms. The fraction of sp³-hybridized carbons (Fsp3) is 0.467. The predicted molar refractivity (Wildman–Crippen MR) is 90.7 cm³/mol. The van der Waals surface area contributed by atoms with E-state index in [2.05, 4.69) is 27.1 Å². The Morgan fingerprint density at radius 1 is 1.32 bits per heavy atom. The zero-order valence-electron chi connectivity index (χ0n) is 12.5. The molecule has 0 aliphatic carbocycles. The topological polar surface area (TPSA) is 45.7 Å². The summed E-state index contributed by atoms with van der Waals surface area (Å²) in [6, 6.07) is 2.09. The highest BCUT2D eigenvalue weighted by Crippen LogP contribution is 2.29. The average Bonchev–Trinajstić information content (AvgIpc) is 3.23. The zero-order chi connectivity index (χ0) is 15.4. The minimum absolute atomic E-state index is 0.180. The summed E-state index contributed by atoms with van der Waals surface area (Å²) in [6.45, 7) is 3.70. The van der Waals surface area contributed by atoms with Crippen LogP contribution in [0.25, 0.3) is 11.3 Å². The van der Waals surface area contributed by atoms with Crippen molar-refractivity contribution in [2.45, 2.75) is 6.42 Å². The summed E-state index contributed by atoms with van der Waals surface area (Å²) in [5.41, 5.74) is 2.22. The average molecular weight is 337 g/mol. The van der Waals surface area contributed by atoms with Crippen molar-refractivity contribution in [2.75, 3.05) is 44.8 Å². The van der Waals surface area contributed by atoms with Crippen molar-refractivity contribution < 1.29 is 9.53 Å². The molecule has 3 rings (SSSR count). The van der Waals surface area contributed by atoms with E-state index in [0.29, 0.717) is 13.0 Å². The summed E-state index contributed by atoms with van der Waals surface area (Å²) in [4.78, 5) is 20.9. The molecule has 0 unspecified atom stereocenters. The number of aromatic nitrogens is 1. The van der Waals surface area contributed by atoms with Gasteiger partial charge in [0.05, 0.1) is 18.7 Å². The smallest absolute Gasteiger partial charge is 0.225 e. The quantitative estimate of drug-likeness (QED) is 0.841. The molecule has 1 amide bonds. The number of nitrogens with zero attached hydrogens (tertiary/aromatic N) is 3. The Morgan fingerprint density at radius 3 is 2.82 bits per heavy atom. The molecule has 2 aromatic heterocycles. The van der Waals surface area contributed by atoms with E-state index in [1.54, 1.807) is 29.8 Å². The number of ether oxygens (including phenoxy) is 1. The van der Waals surface area contributed by atoms with Gasteiger partial charge in [-0.05, 0) is 11.4 Å². The molecule has 3 heterocycles. The van der Waals surface area contributed by atoms with E-state index in [4.69, 9.17) is 9.72 Å². The van der Waals surface area contributed by atoms with E-state index < -0.39 is 0 Å². The maximum atomic E-state index is 12.0. The molecule has 7 heteroatoms. The molecule has 5 nitrogen and oxygen atoms in total. The van der Waals surface area contributed by atoms with Crippen LogP contribution in [0, 0.1) is 0 Å². The number of hydrogen-bond acceptors (Lipinski definition) is 6. The maximum Gasteiger partial charge on any atom is 0.225 e. The lowest BCUT2D eigenvalue weighted by molar-refractivity contribution is -0.132. The molecule has 0 radical (unpaired) electrons. The third-order valence-corrected chi connectivity index (χ3v) is 5.32. The molecule has 0 bridgehead atoms. The Bertz CT molecular complexity index is 604. The maximum absolute atomic E-state index is 12.0. The number of carbonyl (C=O) groups excluding carboxylic acids is 1. The molecule has 1 fully saturated rings. The Morgan fingerprint density at radius 2 is 2.14 bits per heavy atom. The van der Waals surface area contributed by atoms with Gasteiger partial charge in [-0.25, -0.2) is 4.98 Å². The van der Waals surface area contributed by atoms with Crippen molar-refractivity contribution in [3.8, 4) is 11.3 Å². The first-order valence-electron chi connectivity index (χ1n) is 7.27. The van der Waals surface area contributed by atoms with Crippen molar-refractivity contribution in [1.29, 1.82) is 0 Å². The summed E-state index contributed by atoms with van der Waals surface area (Å²) in [5.74, 6) is 0.180. The van der Waals surface area contributed by atoms with Gasteiger partial charge in [0.15, 0.2) is 5.13 Å². The van der Waals surface area contributed by atoms with Crippen LogP contribution < -0.4 is 4.90 Å². The van der Waals surface area contributed by atoms with Crippen LogP contribution in [0.15, 0.2) is 22.2 Å². The van der Waals surface area contributed by atoms with Gasteiger partial charge in [-0.1, -0.05) is 0 Å². The van der Waals surface area contributed by atoms with Gasteiger partial charge in [0, 0.05) is 49.6 Å².